The van der Waals surface area contributed by atoms with E-state index in [0.717, 1.165) is 16.0 Å². The Hall–Kier alpha value is -4.46. The summed E-state index contributed by atoms with van der Waals surface area (Å²) >= 11 is 11.8. The van der Waals surface area contributed by atoms with Crippen LogP contribution in [-0.4, -0.2) is 23.8 Å². The predicted octanol–water partition coefficient (Wildman–Crippen LogP) is 6.51. The lowest BCUT2D eigenvalue weighted by molar-refractivity contribution is 0.0464. The highest BCUT2D eigenvalue weighted by atomic mass is 35.5. The van der Waals surface area contributed by atoms with Crippen molar-refractivity contribution in [3.8, 4) is 0 Å². The maximum atomic E-state index is 13.4. The van der Waals surface area contributed by atoms with Crippen molar-refractivity contribution in [3.05, 3.63) is 134 Å². The van der Waals surface area contributed by atoms with E-state index in [9.17, 15) is 19.2 Å². The molecule has 0 bridgehead atoms. The molecule has 9 heteroatoms. The van der Waals surface area contributed by atoms with Gasteiger partial charge in [0.15, 0.2) is 0 Å². The number of imide groups is 1. The standard InChI is InChI=1S/C30H19Cl2NO6/c31-21-10-5-18(6-11-21)16-38-29(36)20-9-14-23-25(15-20)28(35)33(27(23)34)26-4-2-1-3-24(26)30(37)39-17-19-7-12-22(32)13-8-19/h1-15H,16-17H2. The lowest BCUT2D eigenvalue weighted by atomic mass is 10.1. The van der Waals surface area contributed by atoms with Crippen molar-refractivity contribution >= 4 is 52.6 Å². The molecule has 7 nitrogen and oxygen atoms in total. The first-order valence-electron chi connectivity index (χ1n) is 11.8. The summed E-state index contributed by atoms with van der Waals surface area (Å²) in [6.45, 7) is -0.00839. The molecule has 2 amide bonds. The molecule has 5 rings (SSSR count). The van der Waals surface area contributed by atoms with Crippen molar-refractivity contribution in [2.24, 2.45) is 0 Å². The largest absolute Gasteiger partial charge is 0.457 e. The molecule has 0 aliphatic carbocycles. The second-order valence-corrected chi connectivity index (χ2v) is 9.50. The number of rotatable bonds is 7. The maximum Gasteiger partial charge on any atom is 0.340 e. The smallest absolute Gasteiger partial charge is 0.340 e. The van der Waals surface area contributed by atoms with Crippen molar-refractivity contribution in [3.63, 3.8) is 0 Å². The molecule has 39 heavy (non-hydrogen) atoms. The zero-order valence-corrected chi connectivity index (χ0v) is 21.7. The number of nitrogens with zero attached hydrogens (tertiary/aromatic N) is 1. The van der Waals surface area contributed by atoms with E-state index in [0.29, 0.717) is 10.0 Å². The molecule has 194 valence electrons. The summed E-state index contributed by atoms with van der Waals surface area (Å²) in [5.74, 6) is -2.64. The number of para-hydroxylation sites is 1. The highest BCUT2D eigenvalue weighted by Gasteiger charge is 2.39. The highest BCUT2D eigenvalue weighted by Crippen LogP contribution is 2.32. The van der Waals surface area contributed by atoms with Crippen LogP contribution in [0.3, 0.4) is 0 Å². The molecular weight excluding hydrogens is 541 g/mol. The van der Waals surface area contributed by atoms with E-state index in [1.54, 1.807) is 60.7 Å². The summed E-state index contributed by atoms with van der Waals surface area (Å²) in [7, 11) is 0. The number of carbonyl (C=O) groups excluding carboxylic acids is 4. The minimum Gasteiger partial charge on any atom is -0.457 e. The number of hydrogen-bond acceptors (Lipinski definition) is 6. The molecule has 0 fully saturated rings. The third-order valence-corrected chi connectivity index (χ3v) is 6.56. The third-order valence-electron chi connectivity index (χ3n) is 6.05. The fourth-order valence-corrected chi connectivity index (χ4v) is 4.30. The molecular formula is C30H19Cl2NO6. The van der Waals surface area contributed by atoms with Crippen LogP contribution in [0, 0.1) is 0 Å². The van der Waals surface area contributed by atoms with Gasteiger partial charge >= 0.3 is 11.9 Å². The van der Waals surface area contributed by atoms with Crippen LogP contribution in [0.1, 0.15) is 52.6 Å². The summed E-state index contributed by atoms with van der Waals surface area (Å²) in [5, 5.41) is 1.12. The summed E-state index contributed by atoms with van der Waals surface area (Å²) < 4.78 is 10.8. The molecule has 0 atom stereocenters. The first-order valence-corrected chi connectivity index (χ1v) is 12.5. The number of amides is 2. The van der Waals surface area contributed by atoms with E-state index in [1.165, 1.54) is 30.3 Å². The zero-order valence-electron chi connectivity index (χ0n) is 20.2. The van der Waals surface area contributed by atoms with Crippen molar-refractivity contribution in [1.29, 1.82) is 0 Å². The van der Waals surface area contributed by atoms with Gasteiger partial charge in [-0.1, -0.05) is 59.6 Å². The zero-order chi connectivity index (χ0) is 27.5. The van der Waals surface area contributed by atoms with Crippen LogP contribution in [0.15, 0.2) is 91.0 Å². The Morgan fingerprint density at radius 2 is 1.18 bits per heavy atom. The van der Waals surface area contributed by atoms with Gasteiger partial charge in [0.2, 0.25) is 0 Å². The fourth-order valence-electron chi connectivity index (χ4n) is 4.05. The van der Waals surface area contributed by atoms with Gasteiger partial charge in [-0.15, -0.1) is 0 Å². The normalized spacial score (nSPS) is 12.3. The van der Waals surface area contributed by atoms with Gasteiger partial charge in [0.05, 0.1) is 27.9 Å². The highest BCUT2D eigenvalue weighted by molar-refractivity contribution is 6.35. The van der Waals surface area contributed by atoms with Crippen LogP contribution in [0.5, 0.6) is 0 Å². The first kappa shape index (κ1) is 26.2. The second-order valence-electron chi connectivity index (χ2n) is 8.63. The van der Waals surface area contributed by atoms with Crippen LogP contribution in [0.4, 0.5) is 5.69 Å². The molecule has 1 aliphatic heterocycles. The van der Waals surface area contributed by atoms with Crippen molar-refractivity contribution in [2.45, 2.75) is 13.2 Å². The van der Waals surface area contributed by atoms with E-state index in [-0.39, 0.29) is 41.2 Å². The Labute approximate surface area is 233 Å². The summed E-state index contributed by atoms with van der Waals surface area (Å²) in [6, 6.07) is 24.0. The van der Waals surface area contributed by atoms with Gasteiger partial charge in [-0.3, -0.25) is 9.59 Å². The molecule has 0 saturated carbocycles. The summed E-state index contributed by atoms with van der Waals surface area (Å²) in [5.41, 5.74) is 1.85. The van der Waals surface area contributed by atoms with Gasteiger partial charge in [0, 0.05) is 10.0 Å². The van der Waals surface area contributed by atoms with Crippen molar-refractivity contribution in [2.75, 3.05) is 4.90 Å². The lowest BCUT2D eigenvalue weighted by Gasteiger charge is -2.17. The number of hydrogen-bond donors (Lipinski definition) is 0. The molecule has 0 aromatic heterocycles. The Morgan fingerprint density at radius 1 is 0.641 bits per heavy atom. The van der Waals surface area contributed by atoms with Gasteiger partial charge in [0.1, 0.15) is 13.2 Å². The molecule has 0 saturated heterocycles. The van der Waals surface area contributed by atoms with Crippen molar-refractivity contribution < 1.29 is 28.7 Å². The van der Waals surface area contributed by atoms with E-state index in [4.69, 9.17) is 32.7 Å². The molecule has 0 unspecified atom stereocenters. The lowest BCUT2D eigenvalue weighted by Crippen LogP contribution is -2.31. The Bertz CT molecular complexity index is 1600. The van der Waals surface area contributed by atoms with E-state index < -0.39 is 23.8 Å². The van der Waals surface area contributed by atoms with Crippen LogP contribution in [0.2, 0.25) is 10.0 Å². The number of carbonyl (C=O) groups is 4. The third kappa shape index (κ3) is 5.55. The predicted molar refractivity (Wildman–Crippen MR) is 145 cm³/mol. The number of ether oxygens (including phenoxy) is 2. The molecule has 4 aromatic carbocycles. The minimum absolute atomic E-state index is 0.0115. The van der Waals surface area contributed by atoms with E-state index in [2.05, 4.69) is 0 Å². The number of benzene rings is 4. The Morgan fingerprint density at radius 3 is 1.79 bits per heavy atom. The van der Waals surface area contributed by atoms with Crippen LogP contribution < -0.4 is 4.90 Å². The Kier molecular flexibility index (Phi) is 7.45. The van der Waals surface area contributed by atoms with E-state index in [1.807, 2.05) is 0 Å². The number of halogens is 2. The number of esters is 2. The van der Waals surface area contributed by atoms with Gasteiger partial charge in [-0.25, -0.2) is 14.5 Å². The topological polar surface area (TPSA) is 90.0 Å². The molecule has 0 N–H and O–H groups in total. The van der Waals surface area contributed by atoms with Gasteiger partial charge in [0.25, 0.3) is 11.8 Å². The molecule has 1 heterocycles. The average molecular weight is 560 g/mol. The minimum atomic E-state index is -0.705. The molecule has 0 spiro atoms. The molecule has 0 radical (unpaired) electrons. The maximum absolute atomic E-state index is 13.4. The number of anilines is 1. The van der Waals surface area contributed by atoms with Crippen LogP contribution in [-0.2, 0) is 22.7 Å². The number of fused-ring (bicyclic) bond motifs is 1. The molecule has 1 aliphatic rings. The van der Waals surface area contributed by atoms with Crippen LogP contribution in [0.25, 0.3) is 0 Å². The second kappa shape index (κ2) is 11.1. The SMILES string of the molecule is O=C(OCc1ccc(Cl)cc1)c1ccc2c(c1)C(=O)N(c1ccccc1C(=O)OCc1ccc(Cl)cc1)C2=O. The fraction of sp³-hybridized carbons (Fsp3) is 0.0667. The Balaban J connectivity index is 1.34. The van der Waals surface area contributed by atoms with Crippen LogP contribution >= 0.6 is 23.2 Å². The van der Waals surface area contributed by atoms with Gasteiger partial charge in [-0.05, 0) is 65.7 Å². The monoisotopic (exact) mass is 559 g/mol. The average Bonchev–Trinajstić information content (AvgIpc) is 3.20. The van der Waals surface area contributed by atoms with Gasteiger partial charge < -0.3 is 9.47 Å². The van der Waals surface area contributed by atoms with Crippen molar-refractivity contribution in [1.82, 2.24) is 0 Å². The van der Waals surface area contributed by atoms with Gasteiger partial charge in [-0.2, -0.15) is 0 Å². The first-order chi connectivity index (χ1) is 18.8. The summed E-state index contributed by atoms with van der Waals surface area (Å²) in [4.78, 5) is 53.1. The molecule has 4 aromatic rings. The quantitative estimate of drug-likeness (QED) is 0.189. The van der Waals surface area contributed by atoms with E-state index >= 15 is 0 Å². The summed E-state index contributed by atoms with van der Waals surface area (Å²) in [6.07, 6.45) is 0.